The molecule has 0 spiro atoms. The van der Waals surface area contributed by atoms with Crippen LogP contribution in [0.2, 0.25) is 0 Å². The zero-order valence-corrected chi connectivity index (χ0v) is 10.4. The molecule has 0 aliphatic heterocycles. The van der Waals surface area contributed by atoms with Crippen molar-refractivity contribution in [1.82, 2.24) is 0 Å². The Labute approximate surface area is 96.8 Å². The molecule has 0 atom stereocenters. The molecule has 84 valence electrons. The third-order valence-electron chi connectivity index (χ3n) is 2.34. The zero-order valence-electron chi connectivity index (χ0n) is 8.78. The molecule has 0 aliphatic rings. The molecule has 0 fully saturated rings. The molecule has 0 aliphatic carbocycles. The van der Waals surface area contributed by atoms with E-state index < -0.39 is 11.6 Å². The summed E-state index contributed by atoms with van der Waals surface area (Å²) in [6.07, 6.45) is 0.494. The van der Waals surface area contributed by atoms with Gasteiger partial charge in [-0.3, -0.25) is 0 Å². The van der Waals surface area contributed by atoms with Gasteiger partial charge in [-0.25, -0.2) is 8.78 Å². The molecule has 2 N–H and O–H groups in total. The van der Waals surface area contributed by atoms with Crippen molar-refractivity contribution in [2.75, 3.05) is 6.54 Å². The first kappa shape index (κ1) is 12.6. The summed E-state index contributed by atoms with van der Waals surface area (Å²) in [5.41, 5.74) is 5.87. The highest BCUT2D eigenvalue weighted by Gasteiger charge is 2.20. The standard InChI is InChI=1S/C11H14BrF2N/c1-11(2,6-15)5-7-3-4-8(13)9(12)10(7)14/h3-4H,5-6,15H2,1-2H3. The van der Waals surface area contributed by atoms with Crippen molar-refractivity contribution in [2.24, 2.45) is 11.1 Å². The van der Waals surface area contributed by atoms with E-state index >= 15 is 0 Å². The predicted molar refractivity (Wildman–Crippen MR) is 60.6 cm³/mol. The SMILES string of the molecule is CC(C)(CN)Cc1ccc(F)c(Br)c1F. The monoisotopic (exact) mass is 277 g/mol. The largest absolute Gasteiger partial charge is 0.330 e. The van der Waals surface area contributed by atoms with Crippen LogP contribution < -0.4 is 5.73 Å². The van der Waals surface area contributed by atoms with Gasteiger partial charge in [-0.15, -0.1) is 0 Å². The van der Waals surface area contributed by atoms with Gasteiger partial charge in [0.2, 0.25) is 0 Å². The minimum atomic E-state index is -0.582. The van der Waals surface area contributed by atoms with Gasteiger partial charge >= 0.3 is 0 Å². The average Bonchev–Trinajstić information content (AvgIpc) is 2.19. The molecule has 4 heteroatoms. The fourth-order valence-electron chi connectivity index (χ4n) is 1.29. The van der Waals surface area contributed by atoms with Gasteiger partial charge in [0.15, 0.2) is 0 Å². The maximum absolute atomic E-state index is 13.6. The van der Waals surface area contributed by atoms with Crippen LogP contribution in [0.25, 0.3) is 0 Å². The van der Waals surface area contributed by atoms with Gasteiger partial charge in [-0.1, -0.05) is 19.9 Å². The highest BCUT2D eigenvalue weighted by atomic mass is 79.9. The van der Waals surface area contributed by atoms with E-state index in [1.807, 2.05) is 13.8 Å². The Balaban J connectivity index is 3.02. The first-order chi connectivity index (χ1) is 6.87. The molecule has 1 rings (SSSR count). The molecule has 0 radical (unpaired) electrons. The van der Waals surface area contributed by atoms with Gasteiger partial charge in [-0.05, 0) is 45.9 Å². The van der Waals surface area contributed by atoms with Crippen molar-refractivity contribution in [3.63, 3.8) is 0 Å². The van der Waals surface area contributed by atoms with Crippen LogP contribution in [0.4, 0.5) is 8.78 Å². The molecule has 0 saturated heterocycles. The van der Waals surface area contributed by atoms with Crippen molar-refractivity contribution < 1.29 is 8.78 Å². The summed E-state index contributed by atoms with van der Waals surface area (Å²) in [5, 5.41) is 0. The third kappa shape index (κ3) is 2.98. The maximum atomic E-state index is 13.6. The molecule has 0 saturated carbocycles. The first-order valence-corrected chi connectivity index (χ1v) is 5.49. The number of halogens is 3. The maximum Gasteiger partial charge on any atom is 0.143 e. The third-order valence-corrected chi connectivity index (χ3v) is 3.06. The van der Waals surface area contributed by atoms with Crippen molar-refractivity contribution in [3.8, 4) is 0 Å². The van der Waals surface area contributed by atoms with Gasteiger partial charge in [0, 0.05) is 0 Å². The van der Waals surface area contributed by atoms with Crippen molar-refractivity contribution >= 4 is 15.9 Å². The topological polar surface area (TPSA) is 26.0 Å². The van der Waals surface area contributed by atoms with Crippen LogP contribution in [0, 0.1) is 17.0 Å². The lowest BCUT2D eigenvalue weighted by molar-refractivity contribution is 0.369. The molecular weight excluding hydrogens is 264 g/mol. The van der Waals surface area contributed by atoms with Gasteiger partial charge in [0.25, 0.3) is 0 Å². The van der Waals surface area contributed by atoms with E-state index in [2.05, 4.69) is 15.9 Å². The molecule has 1 aromatic rings. The summed E-state index contributed by atoms with van der Waals surface area (Å²) in [7, 11) is 0. The summed E-state index contributed by atoms with van der Waals surface area (Å²) in [6.45, 7) is 4.36. The lowest BCUT2D eigenvalue weighted by Gasteiger charge is -2.22. The van der Waals surface area contributed by atoms with Gasteiger partial charge in [-0.2, -0.15) is 0 Å². The summed E-state index contributed by atoms with van der Waals surface area (Å²) in [6, 6.07) is 2.72. The van der Waals surface area contributed by atoms with E-state index in [0.717, 1.165) is 0 Å². The molecular formula is C11H14BrF2N. The number of hydrogen-bond acceptors (Lipinski definition) is 1. The van der Waals surface area contributed by atoms with Crippen molar-refractivity contribution in [2.45, 2.75) is 20.3 Å². The van der Waals surface area contributed by atoms with E-state index in [4.69, 9.17) is 5.73 Å². The minimum Gasteiger partial charge on any atom is -0.330 e. The van der Waals surface area contributed by atoms with Crippen molar-refractivity contribution in [3.05, 3.63) is 33.8 Å². The molecule has 0 amide bonds. The van der Waals surface area contributed by atoms with Gasteiger partial charge < -0.3 is 5.73 Å². The van der Waals surface area contributed by atoms with E-state index in [-0.39, 0.29) is 9.89 Å². The Hall–Kier alpha value is -0.480. The van der Waals surface area contributed by atoms with Crippen LogP contribution in [0.3, 0.4) is 0 Å². The number of benzene rings is 1. The second-order valence-corrected chi connectivity index (χ2v) is 5.17. The molecule has 1 nitrogen and oxygen atoms in total. The smallest absolute Gasteiger partial charge is 0.143 e. The first-order valence-electron chi connectivity index (χ1n) is 4.70. The second-order valence-electron chi connectivity index (χ2n) is 4.38. The number of rotatable bonds is 3. The summed E-state index contributed by atoms with van der Waals surface area (Å²) < 4.78 is 26.5. The molecule has 0 bridgehead atoms. The van der Waals surface area contributed by atoms with Gasteiger partial charge in [0.1, 0.15) is 11.6 Å². The van der Waals surface area contributed by atoms with E-state index in [9.17, 15) is 8.78 Å². The minimum absolute atomic E-state index is 0.104. The van der Waals surface area contributed by atoms with E-state index in [0.29, 0.717) is 18.5 Å². The highest BCUT2D eigenvalue weighted by Crippen LogP contribution is 2.27. The van der Waals surface area contributed by atoms with Crippen LogP contribution in [0.5, 0.6) is 0 Å². The lowest BCUT2D eigenvalue weighted by Crippen LogP contribution is -2.26. The molecule has 0 unspecified atom stereocenters. The summed E-state index contributed by atoms with van der Waals surface area (Å²) >= 11 is 2.88. The Morgan fingerprint density at radius 1 is 1.33 bits per heavy atom. The zero-order chi connectivity index (χ0) is 11.6. The Morgan fingerprint density at radius 2 is 1.93 bits per heavy atom. The fourth-order valence-corrected chi connectivity index (χ4v) is 1.68. The van der Waals surface area contributed by atoms with Crippen LogP contribution in [0.1, 0.15) is 19.4 Å². The average molecular weight is 278 g/mol. The summed E-state index contributed by atoms with van der Waals surface area (Å²) in [4.78, 5) is 0. The predicted octanol–water partition coefficient (Wildman–Crippen LogP) is 3.25. The molecule has 0 aromatic heterocycles. The highest BCUT2D eigenvalue weighted by molar-refractivity contribution is 9.10. The number of nitrogens with two attached hydrogens (primary N) is 1. The van der Waals surface area contributed by atoms with Gasteiger partial charge in [0.05, 0.1) is 4.47 Å². The molecule has 0 heterocycles. The Kier molecular flexibility index (Phi) is 3.84. The van der Waals surface area contributed by atoms with E-state index in [1.54, 1.807) is 0 Å². The summed E-state index contributed by atoms with van der Waals surface area (Å²) in [5.74, 6) is -1.11. The quantitative estimate of drug-likeness (QED) is 0.844. The van der Waals surface area contributed by atoms with Crippen LogP contribution in [-0.2, 0) is 6.42 Å². The Morgan fingerprint density at radius 3 is 2.47 bits per heavy atom. The molecule has 15 heavy (non-hydrogen) atoms. The second kappa shape index (κ2) is 4.58. The van der Waals surface area contributed by atoms with Crippen LogP contribution >= 0.6 is 15.9 Å². The van der Waals surface area contributed by atoms with Crippen molar-refractivity contribution in [1.29, 1.82) is 0 Å². The van der Waals surface area contributed by atoms with E-state index in [1.165, 1.54) is 12.1 Å². The lowest BCUT2D eigenvalue weighted by atomic mass is 9.86. The van der Waals surface area contributed by atoms with Crippen LogP contribution in [-0.4, -0.2) is 6.54 Å². The number of hydrogen-bond donors (Lipinski definition) is 1. The normalized spacial score (nSPS) is 11.9. The Bertz CT molecular complexity index is 364. The fraction of sp³-hybridized carbons (Fsp3) is 0.455. The molecule has 1 aromatic carbocycles. The van der Waals surface area contributed by atoms with Crippen LogP contribution in [0.15, 0.2) is 16.6 Å².